The van der Waals surface area contributed by atoms with E-state index in [1.165, 1.54) is 5.56 Å². The zero-order chi connectivity index (χ0) is 12.7. The van der Waals surface area contributed by atoms with Gasteiger partial charge in [-0.25, -0.2) is 0 Å². The van der Waals surface area contributed by atoms with Crippen LogP contribution in [0.3, 0.4) is 0 Å². The van der Waals surface area contributed by atoms with Gasteiger partial charge in [0.25, 0.3) is 0 Å². The molecule has 3 heteroatoms. The quantitative estimate of drug-likeness (QED) is 0.844. The van der Waals surface area contributed by atoms with Crippen LogP contribution in [0, 0.1) is 5.92 Å². The third-order valence-corrected chi connectivity index (χ3v) is 3.82. The maximum absolute atomic E-state index is 5.87. The summed E-state index contributed by atoms with van der Waals surface area (Å²) in [5.74, 6) is 1.23. The van der Waals surface area contributed by atoms with Crippen molar-refractivity contribution >= 4 is 5.71 Å². The number of nitrogens with zero attached hydrogens (tertiary/aromatic N) is 1. The minimum atomic E-state index is 0.213. The molecule has 2 unspecified atom stereocenters. The monoisotopic (exact) mass is 250 g/mol. The van der Waals surface area contributed by atoms with Crippen LogP contribution in [0.25, 0.3) is 0 Å². The van der Waals surface area contributed by atoms with Crippen molar-refractivity contribution in [2.75, 3.05) is 6.61 Å². The van der Waals surface area contributed by atoms with E-state index in [9.17, 15) is 0 Å². The Balaban J connectivity index is 1.72. The first-order chi connectivity index (χ1) is 9.43. The Morgan fingerprint density at radius 2 is 1.79 bits per heavy atom. The standard InChI is InChI=1S/C16H14N2O/c1-2-6-11(7-3-1)15-13-10-19-14-9-5-4-8-12(14)16(13)18-17-15/h1-9,13,15,17H,10H2. The molecule has 0 aliphatic carbocycles. The summed E-state index contributed by atoms with van der Waals surface area (Å²) in [6, 6.07) is 18.8. The molecule has 1 N–H and O–H groups in total. The van der Waals surface area contributed by atoms with Crippen LogP contribution in [0.2, 0.25) is 0 Å². The second-order valence-electron chi connectivity index (χ2n) is 4.93. The molecule has 19 heavy (non-hydrogen) atoms. The van der Waals surface area contributed by atoms with Gasteiger partial charge in [-0.05, 0) is 17.7 Å². The first kappa shape index (κ1) is 10.6. The summed E-state index contributed by atoms with van der Waals surface area (Å²) in [6.07, 6.45) is 0. The van der Waals surface area contributed by atoms with Crippen molar-refractivity contribution in [3.63, 3.8) is 0 Å². The minimum absolute atomic E-state index is 0.213. The molecule has 0 fully saturated rings. The van der Waals surface area contributed by atoms with E-state index in [2.05, 4.69) is 40.9 Å². The lowest BCUT2D eigenvalue weighted by atomic mass is 9.86. The Bertz CT molecular complexity index is 636. The highest BCUT2D eigenvalue weighted by molar-refractivity contribution is 6.06. The van der Waals surface area contributed by atoms with Gasteiger partial charge in [0, 0.05) is 5.56 Å². The molecule has 2 aromatic carbocycles. The Labute approximate surface area is 111 Å². The van der Waals surface area contributed by atoms with Gasteiger partial charge < -0.3 is 10.2 Å². The zero-order valence-corrected chi connectivity index (χ0v) is 10.4. The van der Waals surface area contributed by atoms with Crippen molar-refractivity contribution in [1.82, 2.24) is 5.43 Å². The van der Waals surface area contributed by atoms with Crippen molar-refractivity contribution in [1.29, 1.82) is 0 Å². The number of benzene rings is 2. The van der Waals surface area contributed by atoms with Gasteiger partial charge in [-0.3, -0.25) is 0 Å². The molecule has 0 amide bonds. The van der Waals surface area contributed by atoms with Gasteiger partial charge in [-0.1, -0.05) is 42.5 Å². The van der Waals surface area contributed by atoms with E-state index in [1.807, 2.05) is 24.3 Å². The second-order valence-corrected chi connectivity index (χ2v) is 4.93. The fourth-order valence-electron chi connectivity index (χ4n) is 2.86. The van der Waals surface area contributed by atoms with Gasteiger partial charge in [-0.2, -0.15) is 5.10 Å². The van der Waals surface area contributed by atoms with Gasteiger partial charge in [0.1, 0.15) is 5.75 Å². The average Bonchev–Trinajstić information content (AvgIpc) is 2.92. The van der Waals surface area contributed by atoms with Crippen molar-refractivity contribution in [3.05, 3.63) is 65.7 Å². The third-order valence-electron chi connectivity index (χ3n) is 3.82. The number of ether oxygens (including phenoxy) is 1. The molecule has 4 rings (SSSR count). The van der Waals surface area contributed by atoms with Gasteiger partial charge >= 0.3 is 0 Å². The molecule has 2 heterocycles. The van der Waals surface area contributed by atoms with E-state index in [4.69, 9.17) is 4.74 Å². The Kier molecular flexibility index (Phi) is 2.30. The van der Waals surface area contributed by atoms with Crippen molar-refractivity contribution < 1.29 is 4.74 Å². The molecule has 2 aliphatic rings. The number of para-hydroxylation sites is 1. The van der Waals surface area contributed by atoms with E-state index in [-0.39, 0.29) is 12.0 Å². The van der Waals surface area contributed by atoms with E-state index >= 15 is 0 Å². The second kappa shape index (κ2) is 4.12. The number of rotatable bonds is 1. The van der Waals surface area contributed by atoms with Gasteiger partial charge in [-0.15, -0.1) is 0 Å². The molecular weight excluding hydrogens is 236 g/mol. The molecule has 0 spiro atoms. The molecule has 0 saturated carbocycles. The molecule has 0 bridgehead atoms. The van der Waals surface area contributed by atoms with Crippen LogP contribution < -0.4 is 10.2 Å². The van der Waals surface area contributed by atoms with Crippen LogP contribution in [-0.2, 0) is 0 Å². The molecular formula is C16H14N2O. The predicted molar refractivity (Wildman–Crippen MR) is 74.3 cm³/mol. The van der Waals surface area contributed by atoms with E-state index in [0.717, 1.165) is 17.0 Å². The Morgan fingerprint density at radius 1 is 1.00 bits per heavy atom. The number of fused-ring (bicyclic) bond motifs is 3. The summed E-state index contributed by atoms with van der Waals surface area (Å²) >= 11 is 0. The number of nitrogens with one attached hydrogen (secondary N) is 1. The van der Waals surface area contributed by atoms with E-state index < -0.39 is 0 Å². The molecule has 2 aliphatic heterocycles. The first-order valence-corrected chi connectivity index (χ1v) is 6.54. The summed E-state index contributed by atoms with van der Waals surface area (Å²) in [4.78, 5) is 0. The lowest BCUT2D eigenvalue weighted by Gasteiger charge is -2.26. The highest BCUT2D eigenvalue weighted by Crippen LogP contribution is 2.37. The summed E-state index contributed by atoms with van der Waals surface area (Å²) < 4.78 is 5.87. The smallest absolute Gasteiger partial charge is 0.128 e. The van der Waals surface area contributed by atoms with Crippen LogP contribution in [-0.4, -0.2) is 12.3 Å². The molecule has 2 atom stereocenters. The van der Waals surface area contributed by atoms with Crippen molar-refractivity contribution in [3.8, 4) is 5.75 Å². The van der Waals surface area contributed by atoms with E-state index in [0.29, 0.717) is 6.61 Å². The van der Waals surface area contributed by atoms with Crippen LogP contribution >= 0.6 is 0 Å². The fourth-order valence-corrected chi connectivity index (χ4v) is 2.86. The van der Waals surface area contributed by atoms with Gasteiger partial charge in [0.05, 0.1) is 24.3 Å². The highest BCUT2D eigenvalue weighted by atomic mass is 16.5. The zero-order valence-electron chi connectivity index (χ0n) is 10.4. The molecule has 3 nitrogen and oxygen atoms in total. The molecule has 2 aromatic rings. The van der Waals surface area contributed by atoms with Gasteiger partial charge in [0.15, 0.2) is 0 Å². The van der Waals surface area contributed by atoms with Crippen molar-refractivity contribution in [2.45, 2.75) is 6.04 Å². The number of hydrogen-bond donors (Lipinski definition) is 1. The minimum Gasteiger partial charge on any atom is -0.492 e. The summed E-state index contributed by atoms with van der Waals surface area (Å²) in [5, 5.41) is 4.54. The number of hydrogen-bond acceptors (Lipinski definition) is 3. The first-order valence-electron chi connectivity index (χ1n) is 6.54. The molecule has 94 valence electrons. The van der Waals surface area contributed by atoms with Crippen LogP contribution in [0.4, 0.5) is 0 Å². The summed E-state index contributed by atoms with van der Waals surface area (Å²) in [5.41, 5.74) is 6.76. The Morgan fingerprint density at radius 3 is 2.68 bits per heavy atom. The Hall–Kier alpha value is -2.29. The molecule has 0 aromatic heterocycles. The predicted octanol–water partition coefficient (Wildman–Crippen LogP) is 2.74. The molecule has 0 saturated heterocycles. The average molecular weight is 250 g/mol. The summed E-state index contributed by atoms with van der Waals surface area (Å²) in [6.45, 7) is 0.683. The van der Waals surface area contributed by atoms with Gasteiger partial charge in [0.2, 0.25) is 0 Å². The number of hydrazone groups is 1. The largest absolute Gasteiger partial charge is 0.492 e. The van der Waals surface area contributed by atoms with Crippen molar-refractivity contribution in [2.24, 2.45) is 11.0 Å². The molecule has 0 radical (unpaired) electrons. The SMILES string of the molecule is c1ccc(C2NN=C3c4ccccc4OCC32)cc1. The normalized spacial score (nSPS) is 23.7. The van der Waals surface area contributed by atoms with Crippen LogP contribution in [0.15, 0.2) is 59.7 Å². The third kappa shape index (κ3) is 1.62. The topological polar surface area (TPSA) is 33.6 Å². The highest BCUT2D eigenvalue weighted by Gasteiger charge is 2.37. The maximum Gasteiger partial charge on any atom is 0.128 e. The fraction of sp³-hybridized carbons (Fsp3) is 0.188. The van der Waals surface area contributed by atoms with Crippen LogP contribution in [0.5, 0.6) is 5.75 Å². The summed E-state index contributed by atoms with van der Waals surface area (Å²) in [7, 11) is 0. The lowest BCUT2D eigenvalue weighted by Crippen LogP contribution is -2.31. The van der Waals surface area contributed by atoms with E-state index in [1.54, 1.807) is 0 Å². The maximum atomic E-state index is 5.87. The van der Waals surface area contributed by atoms with Crippen LogP contribution in [0.1, 0.15) is 17.2 Å². The lowest BCUT2D eigenvalue weighted by molar-refractivity contribution is 0.254.